The summed E-state index contributed by atoms with van der Waals surface area (Å²) in [6, 6.07) is 7.30. The third-order valence-corrected chi connectivity index (χ3v) is 2.61. The van der Waals surface area contributed by atoms with Gasteiger partial charge in [-0.2, -0.15) is 0 Å². The summed E-state index contributed by atoms with van der Waals surface area (Å²) in [6.07, 6.45) is 1.18. The van der Waals surface area contributed by atoms with E-state index in [-0.39, 0.29) is 0 Å². The van der Waals surface area contributed by atoms with Crippen molar-refractivity contribution in [3.8, 4) is 0 Å². The minimum Gasteiger partial charge on any atom is -0.310 e. The number of aryl methyl sites for hydroxylation is 1. The third-order valence-electron chi connectivity index (χ3n) is 2.61. The van der Waals surface area contributed by atoms with Crippen LogP contribution in [0.1, 0.15) is 29.7 Å². The summed E-state index contributed by atoms with van der Waals surface area (Å²) in [5.74, 6) is 0. The van der Waals surface area contributed by atoms with Gasteiger partial charge in [-0.1, -0.05) is 23.8 Å². The summed E-state index contributed by atoms with van der Waals surface area (Å²) in [7, 11) is 0. The van der Waals surface area contributed by atoms with E-state index in [9.17, 15) is 0 Å². The molecule has 0 amide bonds. The van der Waals surface area contributed by atoms with Gasteiger partial charge in [0.2, 0.25) is 0 Å². The zero-order chi connectivity index (χ0) is 8.55. The van der Waals surface area contributed by atoms with Gasteiger partial charge in [0.1, 0.15) is 0 Å². The predicted octanol–water partition coefficient (Wildman–Crippen LogP) is 2.20. The van der Waals surface area contributed by atoms with Gasteiger partial charge in [-0.25, -0.2) is 0 Å². The Bertz CT molecular complexity index is 291. The van der Waals surface area contributed by atoms with Gasteiger partial charge < -0.3 is 5.32 Å². The normalized spacial score (nSPS) is 22.0. The molecule has 0 aromatic heterocycles. The lowest BCUT2D eigenvalue weighted by atomic mass is 9.94. The van der Waals surface area contributed by atoms with Crippen LogP contribution in [0.3, 0.4) is 0 Å². The molecule has 0 saturated heterocycles. The van der Waals surface area contributed by atoms with Gasteiger partial charge in [0, 0.05) is 6.04 Å². The maximum atomic E-state index is 3.46. The Kier molecular flexibility index (Phi) is 1.89. The largest absolute Gasteiger partial charge is 0.310 e. The Balaban J connectivity index is 2.46. The molecular formula is C11H15N. The van der Waals surface area contributed by atoms with Crippen molar-refractivity contribution in [1.82, 2.24) is 5.32 Å². The molecule has 1 aromatic carbocycles. The number of nitrogens with one attached hydrogen (secondary N) is 1. The zero-order valence-corrected chi connectivity index (χ0v) is 7.72. The number of fused-ring (bicyclic) bond motifs is 1. The maximum absolute atomic E-state index is 3.46. The summed E-state index contributed by atoms with van der Waals surface area (Å²) in [5.41, 5.74) is 4.39. The van der Waals surface area contributed by atoms with Crippen LogP contribution in [0.4, 0.5) is 0 Å². The van der Waals surface area contributed by atoms with E-state index >= 15 is 0 Å². The Hall–Kier alpha value is -0.820. The van der Waals surface area contributed by atoms with E-state index < -0.39 is 0 Å². The van der Waals surface area contributed by atoms with Gasteiger partial charge in [-0.05, 0) is 37.9 Å². The van der Waals surface area contributed by atoms with E-state index in [1.165, 1.54) is 23.1 Å². The number of hydrogen-bond acceptors (Lipinski definition) is 1. The van der Waals surface area contributed by atoms with Crippen LogP contribution in [0, 0.1) is 6.92 Å². The molecule has 1 atom stereocenters. The average Bonchev–Trinajstić information content (AvgIpc) is 2.04. The second-order valence-corrected chi connectivity index (χ2v) is 3.63. The first-order valence-corrected chi connectivity index (χ1v) is 4.60. The molecule has 0 fully saturated rings. The van der Waals surface area contributed by atoms with Crippen LogP contribution >= 0.6 is 0 Å². The molecule has 1 nitrogen and oxygen atoms in total. The molecule has 64 valence electrons. The van der Waals surface area contributed by atoms with E-state index in [1.54, 1.807) is 0 Å². The SMILES string of the molecule is Cc1ccc2c(c1)CCNC2C. The highest BCUT2D eigenvalue weighted by Gasteiger charge is 2.14. The first kappa shape index (κ1) is 7.81. The van der Waals surface area contributed by atoms with E-state index in [2.05, 4.69) is 37.4 Å². The summed E-state index contributed by atoms with van der Waals surface area (Å²) < 4.78 is 0. The van der Waals surface area contributed by atoms with Crippen LogP contribution in [0.15, 0.2) is 18.2 Å². The van der Waals surface area contributed by atoms with Crippen molar-refractivity contribution in [2.45, 2.75) is 26.3 Å². The summed E-state index contributed by atoms with van der Waals surface area (Å²) in [5, 5.41) is 3.46. The molecule has 0 aliphatic carbocycles. The summed E-state index contributed by atoms with van der Waals surface area (Å²) in [4.78, 5) is 0. The van der Waals surface area contributed by atoms with Gasteiger partial charge in [0.15, 0.2) is 0 Å². The molecule has 1 aliphatic rings. The lowest BCUT2D eigenvalue weighted by Crippen LogP contribution is -2.27. The molecule has 1 aromatic rings. The summed E-state index contributed by atoms with van der Waals surface area (Å²) >= 11 is 0. The molecule has 1 aliphatic heterocycles. The van der Waals surface area contributed by atoms with Crippen LogP contribution in [0.2, 0.25) is 0 Å². The van der Waals surface area contributed by atoms with Gasteiger partial charge >= 0.3 is 0 Å². The summed E-state index contributed by atoms with van der Waals surface area (Å²) in [6.45, 7) is 5.51. The van der Waals surface area contributed by atoms with Crippen molar-refractivity contribution in [2.75, 3.05) is 6.54 Å². The molecule has 12 heavy (non-hydrogen) atoms. The third kappa shape index (κ3) is 1.25. The van der Waals surface area contributed by atoms with Crippen molar-refractivity contribution < 1.29 is 0 Å². The first-order chi connectivity index (χ1) is 5.77. The van der Waals surface area contributed by atoms with Crippen molar-refractivity contribution in [2.24, 2.45) is 0 Å². The Morgan fingerprint density at radius 3 is 3.08 bits per heavy atom. The molecule has 1 unspecified atom stereocenters. The highest BCUT2D eigenvalue weighted by Crippen LogP contribution is 2.22. The smallest absolute Gasteiger partial charge is 0.0294 e. The average molecular weight is 161 g/mol. The number of benzene rings is 1. The van der Waals surface area contributed by atoms with Crippen LogP contribution in [0.25, 0.3) is 0 Å². The molecular weight excluding hydrogens is 146 g/mol. The van der Waals surface area contributed by atoms with Gasteiger partial charge in [-0.15, -0.1) is 0 Å². The van der Waals surface area contributed by atoms with Crippen LogP contribution < -0.4 is 5.32 Å². The molecule has 1 N–H and O–H groups in total. The fourth-order valence-corrected chi connectivity index (χ4v) is 1.91. The van der Waals surface area contributed by atoms with Crippen molar-refractivity contribution in [3.63, 3.8) is 0 Å². The molecule has 2 rings (SSSR count). The Morgan fingerprint density at radius 1 is 1.42 bits per heavy atom. The lowest BCUT2D eigenvalue weighted by Gasteiger charge is -2.23. The van der Waals surface area contributed by atoms with Gasteiger partial charge in [-0.3, -0.25) is 0 Å². The minimum atomic E-state index is 0.536. The first-order valence-electron chi connectivity index (χ1n) is 4.60. The molecule has 0 saturated carbocycles. The zero-order valence-electron chi connectivity index (χ0n) is 7.72. The number of hydrogen-bond donors (Lipinski definition) is 1. The highest BCUT2D eigenvalue weighted by atomic mass is 14.9. The molecule has 0 spiro atoms. The standard InChI is InChI=1S/C11H15N/c1-8-3-4-11-9(2)12-6-5-10(11)7-8/h3-4,7,9,12H,5-6H2,1-2H3. The fourth-order valence-electron chi connectivity index (χ4n) is 1.91. The maximum Gasteiger partial charge on any atom is 0.0294 e. The van der Waals surface area contributed by atoms with E-state index in [0.717, 1.165) is 6.54 Å². The van der Waals surface area contributed by atoms with E-state index in [0.29, 0.717) is 6.04 Å². The minimum absolute atomic E-state index is 0.536. The van der Waals surface area contributed by atoms with Crippen LogP contribution in [-0.2, 0) is 6.42 Å². The molecule has 0 bridgehead atoms. The Morgan fingerprint density at radius 2 is 2.25 bits per heavy atom. The van der Waals surface area contributed by atoms with Crippen LogP contribution in [-0.4, -0.2) is 6.54 Å². The topological polar surface area (TPSA) is 12.0 Å². The fraction of sp³-hybridized carbons (Fsp3) is 0.455. The highest BCUT2D eigenvalue weighted by molar-refractivity contribution is 5.35. The Labute approximate surface area is 73.8 Å². The monoisotopic (exact) mass is 161 g/mol. The van der Waals surface area contributed by atoms with E-state index in [1.807, 2.05) is 0 Å². The second kappa shape index (κ2) is 2.91. The van der Waals surface area contributed by atoms with Gasteiger partial charge in [0.25, 0.3) is 0 Å². The number of rotatable bonds is 0. The predicted molar refractivity (Wildman–Crippen MR) is 51.3 cm³/mol. The second-order valence-electron chi connectivity index (χ2n) is 3.63. The lowest BCUT2D eigenvalue weighted by molar-refractivity contribution is 0.540. The van der Waals surface area contributed by atoms with Gasteiger partial charge in [0.05, 0.1) is 0 Å². The quantitative estimate of drug-likeness (QED) is 0.615. The van der Waals surface area contributed by atoms with Crippen molar-refractivity contribution >= 4 is 0 Å². The van der Waals surface area contributed by atoms with Crippen LogP contribution in [0.5, 0.6) is 0 Å². The molecule has 1 heterocycles. The van der Waals surface area contributed by atoms with E-state index in [4.69, 9.17) is 0 Å². The van der Waals surface area contributed by atoms with Crippen molar-refractivity contribution in [1.29, 1.82) is 0 Å². The van der Waals surface area contributed by atoms with Crippen molar-refractivity contribution in [3.05, 3.63) is 34.9 Å². The molecule has 0 radical (unpaired) electrons. The molecule has 1 heteroatoms.